The molecule has 2 fully saturated rings. The predicted octanol–water partition coefficient (Wildman–Crippen LogP) is 1.79. The van der Waals surface area contributed by atoms with E-state index in [1.807, 2.05) is 6.07 Å². The van der Waals surface area contributed by atoms with E-state index in [1.54, 1.807) is 6.26 Å². The molecule has 0 atom stereocenters. The monoisotopic (exact) mass is 426 g/mol. The van der Waals surface area contributed by atoms with Gasteiger partial charge in [-0.15, -0.1) is 0 Å². The molecule has 2 saturated heterocycles. The maximum absolute atomic E-state index is 5.43. The first-order valence-corrected chi connectivity index (χ1v) is 11.3. The smallest absolute Gasteiger partial charge is 0.194 e. The highest BCUT2D eigenvalue weighted by molar-refractivity contribution is 5.80. The van der Waals surface area contributed by atoms with E-state index in [0.717, 1.165) is 83.8 Å². The number of hydrogen-bond donors (Lipinski definition) is 1. The third-order valence-corrected chi connectivity index (χ3v) is 5.83. The second-order valence-electron chi connectivity index (χ2n) is 8.13. The Morgan fingerprint density at radius 2 is 1.65 bits per heavy atom. The van der Waals surface area contributed by atoms with Gasteiger partial charge in [-0.2, -0.15) is 0 Å². The van der Waals surface area contributed by atoms with Gasteiger partial charge in [-0.3, -0.25) is 9.80 Å². The normalized spacial score (nSPS) is 19.0. The first-order valence-electron chi connectivity index (χ1n) is 11.3. The Bertz CT molecular complexity index is 794. The SMILES string of the molecule is CCNC(=NCc1ccc(CN2CCOCC2)cc1)N1CCN(Cc2ccon2)CC1. The van der Waals surface area contributed by atoms with E-state index < -0.39 is 0 Å². The second kappa shape index (κ2) is 11.3. The molecular formula is C23H34N6O2. The molecule has 0 saturated carbocycles. The molecule has 8 heteroatoms. The highest BCUT2D eigenvalue weighted by atomic mass is 16.5. The summed E-state index contributed by atoms with van der Waals surface area (Å²) in [4.78, 5) is 12.1. The van der Waals surface area contributed by atoms with Crippen LogP contribution >= 0.6 is 0 Å². The molecule has 2 aliphatic heterocycles. The largest absolute Gasteiger partial charge is 0.379 e. The number of aromatic nitrogens is 1. The molecule has 1 aromatic carbocycles. The lowest BCUT2D eigenvalue weighted by atomic mass is 10.1. The number of aliphatic imine (C=N–C) groups is 1. The second-order valence-corrected chi connectivity index (χ2v) is 8.13. The van der Waals surface area contributed by atoms with Crippen LogP contribution in [0.2, 0.25) is 0 Å². The van der Waals surface area contributed by atoms with E-state index in [0.29, 0.717) is 6.54 Å². The van der Waals surface area contributed by atoms with Gasteiger partial charge in [-0.05, 0) is 18.1 Å². The Morgan fingerprint density at radius 1 is 0.935 bits per heavy atom. The molecule has 0 amide bonds. The zero-order valence-corrected chi connectivity index (χ0v) is 18.5. The first-order chi connectivity index (χ1) is 15.3. The Kier molecular flexibility index (Phi) is 7.93. The van der Waals surface area contributed by atoms with Gasteiger partial charge in [0.05, 0.1) is 25.5 Å². The number of hydrogen-bond acceptors (Lipinski definition) is 6. The molecule has 0 bridgehead atoms. The molecule has 4 rings (SSSR count). The maximum atomic E-state index is 5.43. The lowest BCUT2D eigenvalue weighted by Gasteiger charge is -2.36. The van der Waals surface area contributed by atoms with E-state index in [9.17, 15) is 0 Å². The van der Waals surface area contributed by atoms with Crippen molar-refractivity contribution in [1.29, 1.82) is 0 Å². The Hall–Kier alpha value is -2.42. The zero-order chi connectivity index (χ0) is 21.3. The lowest BCUT2D eigenvalue weighted by molar-refractivity contribution is 0.0342. The van der Waals surface area contributed by atoms with Gasteiger partial charge in [0.15, 0.2) is 5.96 Å². The fraction of sp³-hybridized carbons (Fsp3) is 0.565. The fourth-order valence-corrected chi connectivity index (χ4v) is 4.03. The average molecular weight is 427 g/mol. The van der Waals surface area contributed by atoms with Crippen molar-refractivity contribution in [2.45, 2.75) is 26.6 Å². The number of morpholine rings is 1. The quantitative estimate of drug-likeness (QED) is 0.535. The third-order valence-electron chi connectivity index (χ3n) is 5.83. The van der Waals surface area contributed by atoms with Crippen molar-refractivity contribution in [3.63, 3.8) is 0 Å². The topological polar surface area (TPSA) is 69.4 Å². The van der Waals surface area contributed by atoms with Crippen LogP contribution in [0, 0.1) is 0 Å². The fourth-order valence-electron chi connectivity index (χ4n) is 4.03. The zero-order valence-electron chi connectivity index (χ0n) is 18.5. The van der Waals surface area contributed by atoms with Crippen molar-refractivity contribution in [3.05, 3.63) is 53.4 Å². The van der Waals surface area contributed by atoms with Crippen molar-refractivity contribution in [2.24, 2.45) is 4.99 Å². The van der Waals surface area contributed by atoms with Crippen molar-refractivity contribution in [3.8, 4) is 0 Å². The molecule has 0 spiro atoms. The summed E-state index contributed by atoms with van der Waals surface area (Å²) in [6, 6.07) is 10.8. The van der Waals surface area contributed by atoms with Gasteiger partial charge < -0.3 is 19.5 Å². The molecule has 3 heterocycles. The van der Waals surface area contributed by atoms with Crippen LogP contribution in [0.5, 0.6) is 0 Å². The average Bonchev–Trinajstić information content (AvgIpc) is 3.32. The Balaban J connectivity index is 1.28. The summed E-state index contributed by atoms with van der Waals surface area (Å²) in [5.74, 6) is 1.00. The number of ether oxygens (including phenoxy) is 1. The standard InChI is InChI=1S/C23H34N6O2/c1-2-24-23(29-10-8-27(9-11-29)19-22-7-14-31-26-22)25-17-20-3-5-21(6-4-20)18-28-12-15-30-16-13-28/h3-7,14H,2,8-13,15-19H2,1H3,(H,24,25). The molecule has 8 nitrogen and oxygen atoms in total. The molecule has 1 N–H and O–H groups in total. The summed E-state index contributed by atoms with van der Waals surface area (Å²) < 4.78 is 10.4. The van der Waals surface area contributed by atoms with Crippen molar-refractivity contribution < 1.29 is 9.26 Å². The van der Waals surface area contributed by atoms with Gasteiger partial charge in [0.25, 0.3) is 0 Å². The number of nitrogens with zero attached hydrogens (tertiary/aromatic N) is 5. The molecule has 2 aromatic rings. The summed E-state index contributed by atoms with van der Waals surface area (Å²) in [5, 5.41) is 7.48. The van der Waals surface area contributed by atoms with E-state index >= 15 is 0 Å². The minimum Gasteiger partial charge on any atom is -0.379 e. The highest BCUT2D eigenvalue weighted by Crippen LogP contribution is 2.11. The van der Waals surface area contributed by atoms with E-state index in [-0.39, 0.29) is 0 Å². The lowest BCUT2D eigenvalue weighted by Crippen LogP contribution is -2.52. The molecule has 31 heavy (non-hydrogen) atoms. The summed E-state index contributed by atoms with van der Waals surface area (Å²) in [6.45, 7) is 13.2. The van der Waals surface area contributed by atoms with Crippen LogP contribution in [-0.4, -0.2) is 84.8 Å². The Morgan fingerprint density at radius 3 is 2.32 bits per heavy atom. The van der Waals surface area contributed by atoms with Crippen molar-refractivity contribution >= 4 is 5.96 Å². The van der Waals surface area contributed by atoms with Crippen LogP contribution < -0.4 is 5.32 Å². The minimum absolute atomic E-state index is 0.694. The predicted molar refractivity (Wildman–Crippen MR) is 121 cm³/mol. The Labute approximate surface area is 184 Å². The van der Waals surface area contributed by atoms with Gasteiger partial charge in [-0.1, -0.05) is 29.4 Å². The molecule has 2 aliphatic rings. The molecule has 1 aromatic heterocycles. The van der Waals surface area contributed by atoms with Crippen LogP contribution in [-0.2, 0) is 24.4 Å². The van der Waals surface area contributed by atoms with Crippen molar-refractivity contribution in [2.75, 3.05) is 59.0 Å². The van der Waals surface area contributed by atoms with Gasteiger partial charge in [0.1, 0.15) is 6.26 Å². The molecule has 0 radical (unpaired) electrons. The third kappa shape index (κ3) is 6.53. The summed E-state index contributed by atoms with van der Waals surface area (Å²) in [7, 11) is 0. The molecular weight excluding hydrogens is 392 g/mol. The van der Waals surface area contributed by atoms with Gasteiger partial charge in [0, 0.05) is 65.0 Å². The van der Waals surface area contributed by atoms with Gasteiger partial charge in [0.2, 0.25) is 0 Å². The van der Waals surface area contributed by atoms with Crippen LogP contribution in [0.1, 0.15) is 23.7 Å². The molecule has 0 aliphatic carbocycles. The molecule has 0 unspecified atom stereocenters. The van der Waals surface area contributed by atoms with Crippen LogP contribution in [0.25, 0.3) is 0 Å². The summed E-state index contributed by atoms with van der Waals surface area (Å²) >= 11 is 0. The summed E-state index contributed by atoms with van der Waals surface area (Å²) in [6.07, 6.45) is 1.64. The van der Waals surface area contributed by atoms with E-state index in [4.69, 9.17) is 14.3 Å². The van der Waals surface area contributed by atoms with E-state index in [2.05, 4.69) is 56.4 Å². The number of piperazine rings is 1. The van der Waals surface area contributed by atoms with Gasteiger partial charge >= 0.3 is 0 Å². The minimum atomic E-state index is 0.694. The van der Waals surface area contributed by atoms with Crippen molar-refractivity contribution in [1.82, 2.24) is 25.2 Å². The first kappa shape index (κ1) is 21.8. The number of guanidine groups is 1. The summed E-state index contributed by atoms with van der Waals surface area (Å²) in [5.41, 5.74) is 3.58. The number of rotatable bonds is 7. The highest BCUT2D eigenvalue weighted by Gasteiger charge is 2.20. The van der Waals surface area contributed by atoms with Crippen LogP contribution in [0.4, 0.5) is 0 Å². The van der Waals surface area contributed by atoms with Crippen LogP contribution in [0.3, 0.4) is 0 Å². The van der Waals surface area contributed by atoms with Crippen LogP contribution in [0.15, 0.2) is 46.1 Å². The van der Waals surface area contributed by atoms with E-state index in [1.165, 1.54) is 11.1 Å². The number of benzene rings is 1. The number of nitrogens with one attached hydrogen (secondary N) is 1. The maximum Gasteiger partial charge on any atom is 0.194 e. The van der Waals surface area contributed by atoms with Gasteiger partial charge in [-0.25, -0.2) is 4.99 Å². The molecule has 168 valence electrons.